The lowest BCUT2D eigenvalue weighted by Crippen LogP contribution is -2.62. The molecule has 6 bridgehead atoms. The Balaban J connectivity index is 1.29. The highest BCUT2D eigenvalue weighted by atomic mass is 16.5. The number of methoxy groups -OCH3 is 1. The van der Waals surface area contributed by atoms with Crippen molar-refractivity contribution in [2.45, 2.75) is 97.6 Å². The average Bonchev–Trinajstić information content (AvgIpc) is 3.93. The summed E-state index contributed by atoms with van der Waals surface area (Å²) in [6.45, 7) is 11.7. The molecule has 348 valence electrons. The number of pyridine rings is 1. The van der Waals surface area contributed by atoms with E-state index in [1.54, 1.807) is 32.5 Å². The first-order chi connectivity index (χ1) is 30.9. The Hall–Kier alpha value is -5.84. The quantitative estimate of drug-likeness (QED) is 0.146. The van der Waals surface area contributed by atoms with Gasteiger partial charge in [0, 0.05) is 81.5 Å². The van der Waals surface area contributed by atoms with Gasteiger partial charge >= 0.3 is 5.97 Å². The molecule has 0 aliphatic carbocycles. The van der Waals surface area contributed by atoms with Crippen molar-refractivity contribution < 1.29 is 38.6 Å². The van der Waals surface area contributed by atoms with Gasteiger partial charge in [-0.15, -0.1) is 0 Å². The molecule has 65 heavy (non-hydrogen) atoms. The Morgan fingerprint density at radius 1 is 1.09 bits per heavy atom. The number of nitrogens with zero attached hydrogens (tertiary/aromatic N) is 6. The second-order valence-corrected chi connectivity index (χ2v) is 19.0. The highest BCUT2D eigenvalue weighted by Crippen LogP contribution is 2.41. The molecule has 5 heterocycles. The van der Waals surface area contributed by atoms with Crippen LogP contribution in [0.5, 0.6) is 5.75 Å². The standard InChI is InChI=1S/C49H64N8O8/c1-10-56-40-14-13-31-22-35(40)36(44(56)37-24-50-16-15-32(37)27-64-9)23-49(4,5)28-65-48(63)38-12-11-17-57(52-38)46(61)39(20-30-18-33(31)21-34(58)19-30)51-45(60)43(29(2)3)55(8)42(59)26-54(7)47(62)41-25-53(41)6/h13-16,18-19,21-22,24,29,38-39,41,43,52,58H,10-12,17,20,23,25-28H2,1-9H3,(H,51,60)/t38-,39-,41-,43?,53?/m0/s1. The Morgan fingerprint density at radius 3 is 2.54 bits per heavy atom. The number of aryl methyl sites for hydroxylation is 1. The lowest BCUT2D eigenvalue weighted by Gasteiger charge is -2.37. The fourth-order valence-corrected chi connectivity index (χ4v) is 9.41. The predicted molar refractivity (Wildman–Crippen MR) is 246 cm³/mol. The maximum atomic E-state index is 14.7. The molecule has 3 aliphatic rings. The van der Waals surface area contributed by atoms with Gasteiger partial charge in [0.25, 0.3) is 5.91 Å². The van der Waals surface area contributed by atoms with E-state index in [-0.39, 0.29) is 49.7 Å². The number of aromatic nitrogens is 2. The minimum absolute atomic E-state index is 0.0161. The first-order valence-electron chi connectivity index (χ1n) is 22.6. The number of rotatable bonds is 11. The third-order valence-corrected chi connectivity index (χ3v) is 12.9. The van der Waals surface area contributed by atoms with Crippen LogP contribution < -0.4 is 10.7 Å². The lowest BCUT2D eigenvalue weighted by atomic mass is 9.84. The average molecular weight is 893 g/mol. The van der Waals surface area contributed by atoms with Gasteiger partial charge in [0.2, 0.25) is 17.7 Å². The van der Waals surface area contributed by atoms with Crippen LogP contribution >= 0.6 is 0 Å². The third-order valence-electron chi connectivity index (χ3n) is 12.9. The molecule has 0 radical (unpaired) electrons. The number of carbonyl (C=O) groups excluding carboxylic acids is 5. The van der Waals surface area contributed by atoms with Crippen LogP contribution in [0.3, 0.4) is 0 Å². The van der Waals surface area contributed by atoms with E-state index < -0.39 is 47.2 Å². The maximum absolute atomic E-state index is 14.7. The summed E-state index contributed by atoms with van der Waals surface area (Å²) in [5, 5.41) is 16.6. The second-order valence-electron chi connectivity index (χ2n) is 19.0. The van der Waals surface area contributed by atoms with E-state index in [0.717, 1.165) is 38.9 Å². The molecule has 2 fully saturated rings. The number of phenols is 1. The van der Waals surface area contributed by atoms with E-state index in [2.05, 4.69) is 53.2 Å². The molecular weight excluding hydrogens is 829 g/mol. The maximum Gasteiger partial charge on any atom is 0.324 e. The topological polar surface area (TPSA) is 179 Å². The summed E-state index contributed by atoms with van der Waals surface area (Å²) >= 11 is 0. The smallest absolute Gasteiger partial charge is 0.324 e. The zero-order chi connectivity index (χ0) is 46.9. The van der Waals surface area contributed by atoms with E-state index in [1.165, 1.54) is 21.9 Å². The first-order valence-corrected chi connectivity index (χ1v) is 22.6. The van der Waals surface area contributed by atoms with Crippen molar-refractivity contribution in [2.24, 2.45) is 11.3 Å². The van der Waals surface area contributed by atoms with Crippen molar-refractivity contribution in [3.05, 3.63) is 71.5 Å². The van der Waals surface area contributed by atoms with Crippen LogP contribution in [0.2, 0.25) is 0 Å². The number of phenolic OH excluding ortho intramolecular Hbond substituents is 1. The number of aromatic hydroxyl groups is 1. The molecule has 16 heteroatoms. The SMILES string of the molecule is CCn1c(-c2cnccc2COC)c2c3cc(ccc31)-c1cc(O)cc(c1)C[C@H](NC(=O)C(C(C)C)N(C)C(=O)CN(C)C(=O)[C@@H]1CN1C)C(=O)N1CCC[C@H](N1)C(=O)OCC(C)(C)C2. The van der Waals surface area contributed by atoms with Gasteiger partial charge in [0.15, 0.2) is 0 Å². The number of ether oxygens (including phenoxy) is 2. The van der Waals surface area contributed by atoms with Crippen LogP contribution in [0.25, 0.3) is 33.3 Å². The first kappa shape index (κ1) is 47.1. The van der Waals surface area contributed by atoms with Crippen LogP contribution in [0, 0.1) is 11.3 Å². The largest absolute Gasteiger partial charge is 0.508 e. The van der Waals surface area contributed by atoms with Gasteiger partial charge in [-0.05, 0) is 97.3 Å². The second kappa shape index (κ2) is 19.3. The van der Waals surface area contributed by atoms with Gasteiger partial charge in [0.05, 0.1) is 25.5 Å². The van der Waals surface area contributed by atoms with Gasteiger partial charge in [-0.3, -0.25) is 38.9 Å². The summed E-state index contributed by atoms with van der Waals surface area (Å²) in [4.78, 5) is 78.6. The van der Waals surface area contributed by atoms with E-state index >= 15 is 0 Å². The fourth-order valence-electron chi connectivity index (χ4n) is 9.41. The van der Waals surface area contributed by atoms with Crippen LogP contribution in [-0.2, 0) is 59.4 Å². The van der Waals surface area contributed by atoms with Crippen molar-refractivity contribution in [3.8, 4) is 28.1 Å². The van der Waals surface area contributed by atoms with E-state index in [1.807, 2.05) is 50.2 Å². The van der Waals surface area contributed by atoms with Crippen molar-refractivity contribution in [1.82, 2.24) is 40.0 Å². The lowest BCUT2D eigenvalue weighted by molar-refractivity contribution is -0.155. The zero-order valence-electron chi connectivity index (χ0n) is 39.1. The number of fused-ring (bicyclic) bond motifs is 6. The summed E-state index contributed by atoms with van der Waals surface area (Å²) in [5.41, 5.74) is 9.69. The molecule has 2 unspecified atom stereocenters. The number of hydrogen-bond donors (Lipinski definition) is 3. The monoisotopic (exact) mass is 892 g/mol. The summed E-state index contributed by atoms with van der Waals surface area (Å²) in [7, 11) is 6.60. The number of likely N-dealkylation sites (N-methyl/N-ethyl adjacent to an activating group) is 3. The number of amides is 4. The Bertz CT molecular complexity index is 2470. The molecule has 0 saturated carbocycles. The van der Waals surface area contributed by atoms with Crippen molar-refractivity contribution >= 4 is 40.5 Å². The molecule has 2 aromatic heterocycles. The van der Waals surface area contributed by atoms with Crippen LogP contribution in [0.15, 0.2) is 54.9 Å². The van der Waals surface area contributed by atoms with Crippen LogP contribution in [0.4, 0.5) is 0 Å². The molecule has 2 saturated heterocycles. The summed E-state index contributed by atoms with van der Waals surface area (Å²) in [6, 6.07) is 10.1. The Kier molecular flexibility index (Phi) is 14.0. The number of esters is 1. The predicted octanol–water partition coefficient (Wildman–Crippen LogP) is 4.15. The van der Waals surface area contributed by atoms with E-state index in [9.17, 15) is 29.1 Å². The van der Waals surface area contributed by atoms with Crippen LogP contribution in [0.1, 0.15) is 64.2 Å². The number of benzene rings is 2. The van der Waals surface area contributed by atoms with Gasteiger partial charge in [-0.25, -0.2) is 5.43 Å². The molecule has 3 N–H and O–H groups in total. The van der Waals surface area contributed by atoms with Crippen LogP contribution in [-0.4, -0.2) is 143 Å². The van der Waals surface area contributed by atoms with Crippen molar-refractivity contribution in [1.29, 1.82) is 0 Å². The molecule has 3 aliphatic heterocycles. The minimum Gasteiger partial charge on any atom is -0.508 e. The minimum atomic E-state index is -1.17. The summed E-state index contributed by atoms with van der Waals surface area (Å²) in [6.07, 6.45) is 5.10. The summed E-state index contributed by atoms with van der Waals surface area (Å²) < 4.78 is 14.0. The third kappa shape index (κ3) is 10.2. The fraction of sp³-hybridized carbons (Fsp3) is 0.510. The molecule has 0 spiro atoms. The molecular formula is C49H64N8O8. The Labute approximate surface area is 381 Å². The molecule has 2 aromatic carbocycles. The highest BCUT2D eigenvalue weighted by Gasteiger charge is 2.41. The molecule has 4 amide bonds. The highest BCUT2D eigenvalue weighted by molar-refractivity contribution is 5.96. The van der Waals surface area contributed by atoms with Gasteiger partial charge in [-0.1, -0.05) is 39.8 Å². The van der Waals surface area contributed by atoms with Gasteiger partial charge in [0.1, 0.15) is 29.9 Å². The molecule has 4 aromatic rings. The number of cyclic esters (lactones) is 1. The van der Waals surface area contributed by atoms with Crippen molar-refractivity contribution in [3.63, 3.8) is 0 Å². The summed E-state index contributed by atoms with van der Waals surface area (Å²) in [5.74, 6) is -2.51. The molecule has 7 rings (SSSR count). The molecule has 16 nitrogen and oxygen atoms in total. The number of nitrogens with one attached hydrogen (secondary N) is 2. The van der Waals surface area contributed by atoms with E-state index in [0.29, 0.717) is 50.1 Å². The van der Waals surface area contributed by atoms with Gasteiger partial charge in [-0.2, -0.15) is 0 Å². The zero-order valence-corrected chi connectivity index (χ0v) is 39.1. The normalized spacial score (nSPS) is 21.4. The number of carbonyl (C=O) groups is 5. The number of hydrogen-bond acceptors (Lipinski definition) is 11. The number of hydrazine groups is 1. The molecule has 5 atom stereocenters. The van der Waals surface area contributed by atoms with Gasteiger partial charge < -0.3 is 34.3 Å². The Morgan fingerprint density at radius 2 is 1.85 bits per heavy atom. The van der Waals surface area contributed by atoms with E-state index in [4.69, 9.17) is 9.47 Å². The van der Waals surface area contributed by atoms with Crippen molar-refractivity contribution in [2.75, 3.05) is 54.5 Å².